The van der Waals surface area contributed by atoms with Crippen LogP contribution in [-0.2, 0) is 73.6 Å². The lowest BCUT2D eigenvalue weighted by molar-refractivity contribution is -0.384. The van der Waals surface area contributed by atoms with E-state index in [0.29, 0.717) is 39.6 Å². The van der Waals surface area contributed by atoms with Crippen LogP contribution in [0.4, 0.5) is 18.9 Å². The number of carboxylic acids is 1. The Hall–Kier alpha value is -9.47. The van der Waals surface area contributed by atoms with Gasteiger partial charge >= 0.3 is 12.1 Å². The fraction of sp³-hybridized carbons (Fsp3) is 0.379. The number of primary amides is 1. The molecular formula is C58H69F3N12O16S2. The number of aliphatic hydroxyl groups excluding tert-OH is 1. The second kappa shape index (κ2) is 34.5. The predicted octanol–water partition coefficient (Wildman–Crippen LogP) is 0.680. The summed E-state index contributed by atoms with van der Waals surface area (Å²) in [5.41, 5.74) is 13.9. The number of aliphatic hydroxyl groups is 1. The van der Waals surface area contributed by atoms with Crippen molar-refractivity contribution < 1.29 is 86.5 Å². The number of halogens is 3. The molecule has 490 valence electrons. The van der Waals surface area contributed by atoms with Gasteiger partial charge in [-0.1, -0.05) is 76.2 Å². The summed E-state index contributed by atoms with van der Waals surface area (Å²) in [6, 6.07) is 11.7. The minimum atomic E-state index is -5.08. The Morgan fingerprint density at radius 3 is 1.79 bits per heavy atom. The number of carbonyl (C=O) groups is 10. The van der Waals surface area contributed by atoms with Crippen molar-refractivity contribution in [1.29, 1.82) is 0 Å². The van der Waals surface area contributed by atoms with Crippen LogP contribution < -0.4 is 54.0 Å². The molecule has 1 saturated heterocycles. The summed E-state index contributed by atoms with van der Waals surface area (Å²) in [6.45, 7) is 2.56. The topological polar surface area (TPSA) is 459 Å². The molecule has 28 nitrogen and oxygen atoms in total. The summed E-state index contributed by atoms with van der Waals surface area (Å²) < 4.78 is 31.7. The number of benzene rings is 4. The highest BCUT2D eigenvalue weighted by Crippen LogP contribution is 2.25. The summed E-state index contributed by atoms with van der Waals surface area (Å²) in [7, 11) is 1.80. The highest BCUT2D eigenvalue weighted by molar-refractivity contribution is 8.76. The second-order valence-corrected chi connectivity index (χ2v) is 23.4. The smallest absolute Gasteiger partial charge is 0.490 e. The number of aromatic nitrogens is 1. The van der Waals surface area contributed by atoms with E-state index in [-0.39, 0.29) is 73.8 Å². The van der Waals surface area contributed by atoms with E-state index in [2.05, 4.69) is 47.5 Å². The van der Waals surface area contributed by atoms with Crippen molar-refractivity contribution in [3.05, 3.63) is 136 Å². The average Bonchev–Trinajstić information content (AvgIpc) is 1.82. The number of alkyl halides is 3. The van der Waals surface area contributed by atoms with Gasteiger partial charge in [0, 0.05) is 73.3 Å². The first kappa shape index (κ1) is 72.3. The number of nitro groups is 1. The van der Waals surface area contributed by atoms with Crippen molar-refractivity contribution in [2.75, 3.05) is 18.1 Å². The van der Waals surface area contributed by atoms with E-state index in [1.165, 1.54) is 79.7 Å². The average molecular weight is 1310 g/mol. The lowest BCUT2D eigenvalue weighted by Crippen LogP contribution is -2.62. The number of phenolic OH excluding ortho intramolecular Hbond substituents is 2. The minimum Gasteiger partial charge on any atom is -0.508 e. The molecule has 1 fully saturated rings. The molecule has 0 spiro atoms. The first-order chi connectivity index (χ1) is 43.0. The van der Waals surface area contributed by atoms with Crippen molar-refractivity contribution in [2.24, 2.45) is 11.5 Å². The van der Waals surface area contributed by atoms with E-state index in [4.69, 9.17) is 21.4 Å². The number of nitro benzene ring substituents is 1. The first-order valence-electron chi connectivity index (χ1n) is 28.0. The summed E-state index contributed by atoms with van der Waals surface area (Å²) in [5.74, 6) is -11.9. The normalized spacial score (nSPS) is 19.8. The van der Waals surface area contributed by atoms with Crippen LogP contribution in [0.15, 0.2) is 103 Å². The molecule has 91 heavy (non-hydrogen) atoms. The van der Waals surface area contributed by atoms with Crippen LogP contribution in [0.1, 0.15) is 55.4 Å². The van der Waals surface area contributed by atoms with Gasteiger partial charge in [0.15, 0.2) is 0 Å². The maximum absolute atomic E-state index is 14.9. The number of nitrogens with two attached hydrogens (primary N) is 2. The fourth-order valence-corrected chi connectivity index (χ4v) is 11.3. The van der Waals surface area contributed by atoms with Crippen molar-refractivity contribution in [2.45, 2.75) is 119 Å². The zero-order valence-electron chi connectivity index (χ0n) is 48.8. The highest BCUT2D eigenvalue weighted by Gasteiger charge is 2.39. The van der Waals surface area contributed by atoms with Gasteiger partial charge in [-0.15, -0.1) is 0 Å². The van der Waals surface area contributed by atoms with Gasteiger partial charge in [-0.05, 0) is 85.3 Å². The van der Waals surface area contributed by atoms with E-state index in [1.807, 2.05) is 0 Å². The number of amides is 9. The summed E-state index contributed by atoms with van der Waals surface area (Å²) in [5, 5.41) is 71.3. The second-order valence-electron chi connectivity index (χ2n) is 20.8. The van der Waals surface area contributed by atoms with Gasteiger partial charge in [0.25, 0.3) is 5.69 Å². The molecule has 0 saturated carbocycles. The first-order valence-corrected chi connectivity index (χ1v) is 30.5. The number of carbonyl (C=O) groups excluding carboxylic acids is 9. The molecule has 2 heterocycles. The molecule has 1 aliphatic rings. The molecule has 0 bridgehead atoms. The third-order valence-electron chi connectivity index (χ3n) is 13.8. The molecule has 0 radical (unpaired) electrons. The largest absolute Gasteiger partial charge is 0.508 e. The molecule has 5 aromatic rings. The van der Waals surface area contributed by atoms with Crippen LogP contribution in [0.3, 0.4) is 0 Å². The van der Waals surface area contributed by atoms with Gasteiger partial charge in [0.2, 0.25) is 53.2 Å². The van der Waals surface area contributed by atoms with Gasteiger partial charge in [-0.2, -0.15) is 13.2 Å². The molecule has 6 rings (SSSR count). The number of para-hydroxylation sites is 1. The van der Waals surface area contributed by atoms with E-state index in [9.17, 15) is 81.8 Å². The summed E-state index contributed by atoms with van der Waals surface area (Å²) in [6.07, 6.45) is -5.23. The number of nitrogens with zero attached hydrogens (tertiary/aromatic N) is 1. The van der Waals surface area contributed by atoms with E-state index < -0.39 is 125 Å². The molecule has 9 amide bonds. The van der Waals surface area contributed by atoms with Crippen LogP contribution >= 0.6 is 21.6 Å². The number of carboxylic acid groups (broad SMARTS) is 1. The van der Waals surface area contributed by atoms with Crippen LogP contribution in [0, 0.1) is 10.1 Å². The Labute approximate surface area is 525 Å². The molecule has 4 unspecified atom stereocenters. The number of unbranched alkanes of at least 4 members (excludes halogenated alkanes) is 1. The molecule has 9 atom stereocenters. The monoisotopic (exact) mass is 1310 g/mol. The lowest BCUT2D eigenvalue weighted by Gasteiger charge is -2.29. The number of fused-ring (bicyclic) bond motifs is 1. The van der Waals surface area contributed by atoms with E-state index in [1.54, 1.807) is 30.5 Å². The molecule has 17 N–H and O–H groups in total. The van der Waals surface area contributed by atoms with Gasteiger partial charge in [0.1, 0.15) is 59.8 Å². The van der Waals surface area contributed by atoms with E-state index >= 15 is 0 Å². The Balaban J connectivity index is 0.00000202. The minimum absolute atomic E-state index is 0.0472. The van der Waals surface area contributed by atoms with Crippen molar-refractivity contribution in [3.63, 3.8) is 0 Å². The molecular weight excluding hydrogens is 1240 g/mol. The number of hydrogen-bond acceptors (Lipinski definition) is 18. The van der Waals surface area contributed by atoms with Crippen molar-refractivity contribution in [1.82, 2.24) is 47.5 Å². The summed E-state index contributed by atoms with van der Waals surface area (Å²) in [4.78, 5) is 150. The Morgan fingerprint density at radius 1 is 0.703 bits per heavy atom. The fourth-order valence-electron chi connectivity index (χ4n) is 8.98. The van der Waals surface area contributed by atoms with Gasteiger partial charge in [-0.25, -0.2) is 4.79 Å². The molecule has 0 aliphatic carbocycles. The number of H-pyrrole nitrogens is 1. The number of rotatable bonds is 20. The van der Waals surface area contributed by atoms with Crippen LogP contribution in [0.25, 0.3) is 10.9 Å². The zero-order valence-corrected chi connectivity index (χ0v) is 50.5. The Bertz CT molecular complexity index is 3380. The number of aromatic amines is 1. The molecule has 4 aromatic carbocycles. The lowest BCUT2D eigenvalue weighted by atomic mass is 10.0. The third kappa shape index (κ3) is 23.1. The number of aliphatic carboxylic acids is 1. The van der Waals surface area contributed by atoms with Gasteiger partial charge < -0.3 is 79.4 Å². The Kier molecular flexibility index (Phi) is 27.4. The summed E-state index contributed by atoms with van der Waals surface area (Å²) >= 11 is 0. The number of aromatic hydroxyl groups is 2. The van der Waals surface area contributed by atoms with Crippen LogP contribution in [-0.4, -0.2) is 168 Å². The number of phenols is 2. The predicted molar refractivity (Wildman–Crippen MR) is 326 cm³/mol. The maximum atomic E-state index is 14.9. The SMILES string of the molecule is CC(=O)N[C@@H](Cc1ccc([N+](=O)[O-])cc1)C(=O)NC1CSSCC(C(=O)N[C@H](Cc2ccc(O)cc2)C(N)=O)NC(=O)C([C@@H](C)O)NC(=O)[C@H](CCCCN)NC(=O)C(Cc2c[nH]c3ccccc23)NC(=O)[C@H](Cc2ccc(O)cc2)NC1=O.O=C(O)C(F)(F)F. The van der Waals surface area contributed by atoms with Crippen molar-refractivity contribution in [3.8, 4) is 11.5 Å². The van der Waals surface area contributed by atoms with E-state index in [0.717, 1.165) is 28.5 Å². The number of non-ortho nitro benzene ring substituents is 1. The number of hydrogen-bond donors (Lipinski definition) is 15. The number of nitrogens with one attached hydrogen (secondary N) is 9. The molecule has 1 aliphatic heterocycles. The Morgan fingerprint density at radius 2 is 1.23 bits per heavy atom. The van der Waals surface area contributed by atoms with Crippen LogP contribution in [0.5, 0.6) is 11.5 Å². The van der Waals surface area contributed by atoms with Gasteiger partial charge in [-0.3, -0.25) is 53.3 Å². The maximum Gasteiger partial charge on any atom is 0.490 e. The molecule has 33 heteroatoms. The van der Waals surface area contributed by atoms with Crippen LogP contribution in [0.2, 0.25) is 0 Å². The molecule has 1 aromatic heterocycles. The zero-order chi connectivity index (χ0) is 67.1. The highest BCUT2D eigenvalue weighted by atomic mass is 33.1. The quantitative estimate of drug-likeness (QED) is 0.0220. The standard InChI is InChI=1S/C56H68N12O14S2.C2HF3O2/c1-30(69)48-56(80)66-47(54(78)62-42(49(58)73)23-33-12-18-37(71)19-13-33)29-84-83-28-46(65-51(75)43(60-31(2)70)24-32-10-16-36(17-11-32)68(81)82)55(79)63-44(25-34-14-20-38(72)21-15-34)52(76)64-45(26-35-27-59-40-8-4-3-7-39(35)40)53(77)61-41(50(74)67-48)9-5-6-22-57;3-2(4,5)1(6)7/h3-4,7-8,10-21,27,30,41-48,59,69,71-72H,5-6,9,22-26,28-29,57H2,1-2H3,(H2,58,73)(H,60,70)(H,61,77)(H,62,78)(H,63,79)(H,64,76)(H,65,75)(H,66,80)(H,67,74);(H,6,7)/t30-,41+,42-,43+,44+,45?,46?,47?,48?;/m1./s1. The third-order valence-corrected chi connectivity index (χ3v) is 16.2. The van der Waals surface area contributed by atoms with Gasteiger partial charge in [0.05, 0.1) is 11.0 Å². The van der Waals surface area contributed by atoms with Crippen molar-refractivity contribution >= 4 is 97.3 Å².